The van der Waals surface area contributed by atoms with E-state index in [1.54, 1.807) is 0 Å². The number of nitrogens with one attached hydrogen (secondary N) is 1. The molecular formula is C17H24N2. The van der Waals surface area contributed by atoms with Crippen LogP contribution in [-0.2, 0) is 0 Å². The lowest BCUT2D eigenvalue weighted by Crippen LogP contribution is -2.47. The molecule has 1 N–H and O–H groups in total. The van der Waals surface area contributed by atoms with E-state index in [2.05, 4.69) is 55.6 Å². The van der Waals surface area contributed by atoms with E-state index in [-0.39, 0.29) is 5.54 Å². The molecule has 2 rings (SSSR count). The molecule has 1 aliphatic rings. The van der Waals surface area contributed by atoms with Gasteiger partial charge in [0.05, 0.1) is 6.07 Å². The van der Waals surface area contributed by atoms with Gasteiger partial charge in [0.1, 0.15) is 5.54 Å². The zero-order chi connectivity index (χ0) is 13.7. The molecule has 1 fully saturated rings. The minimum absolute atomic E-state index is 0.282. The van der Waals surface area contributed by atoms with E-state index in [0.29, 0.717) is 11.8 Å². The molecule has 0 bridgehead atoms. The Morgan fingerprint density at radius 2 is 1.89 bits per heavy atom. The maximum Gasteiger partial charge on any atom is 0.106 e. The maximum atomic E-state index is 9.50. The van der Waals surface area contributed by atoms with Crippen LogP contribution in [0, 0.1) is 17.2 Å². The number of nitriles is 1. The molecule has 102 valence electrons. The molecule has 19 heavy (non-hydrogen) atoms. The first-order valence-corrected chi connectivity index (χ1v) is 7.36. The van der Waals surface area contributed by atoms with E-state index in [1.807, 2.05) is 0 Å². The molecule has 1 aliphatic carbocycles. The Bertz CT molecular complexity index is 422. The zero-order valence-corrected chi connectivity index (χ0v) is 12.0. The van der Waals surface area contributed by atoms with Crippen molar-refractivity contribution in [3.8, 4) is 6.07 Å². The molecule has 1 saturated carbocycles. The average molecular weight is 256 g/mol. The van der Waals surface area contributed by atoms with Gasteiger partial charge in [-0.15, -0.1) is 0 Å². The Labute approximate surface area is 116 Å². The summed E-state index contributed by atoms with van der Waals surface area (Å²) in [5, 5.41) is 13.0. The molecule has 2 nitrogen and oxygen atoms in total. The van der Waals surface area contributed by atoms with Gasteiger partial charge in [-0.2, -0.15) is 5.26 Å². The largest absolute Gasteiger partial charge is 0.299 e. The van der Waals surface area contributed by atoms with Crippen LogP contribution in [0.5, 0.6) is 0 Å². The minimum atomic E-state index is -0.282. The van der Waals surface area contributed by atoms with Crippen LogP contribution in [0.2, 0.25) is 0 Å². The van der Waals surface area contributed by atoms with Crippen molar-refractivity contribution in [2.24, 2.45) is 5.92 Å². The summed E-state index contributed by atoms with van der Waals surface area (Å²) < 4.78 is 0. The van der Waals surface area contributed by atoms with Crippen molar-refractivity contribution in [1.29, 1.82) is 5.26 Å². The lowest BCUT2D eigenvalue weighted by Gasteiger charge is -2.36. The molecule has 0 radical (unpaired) electrons. The molecular weight excluding hydrogens is 232 g/mol. The van der Waals surface area contributed by atoms with Gasteiger partial charge in [-0.1, -0.05) is 44.2 Å². The van der Waals surface area contributed by atoms with Crippen LogP contribution in [0.25, 0.3) is 0 Å². The van der Waals surface area contributed by atoms with Gasteiger partial charge in [0.15, 0.2) is 0 Å². The van der Waals surface area contributed by atoms with Gasteiger partial charge in [0.25, 0.3) is 0 Å². The van der Waals surface area contributed by atoms with E-state index in [9.17, 15) is 5.26 Å². The Balaban J connectivity index is 1.95. The summed E-state index contributed by atoms with van der Waals surface area (Å²) in [7, 11) is 0. The summed E-state index contributed by atoms with van der Waals surface area (Å²) in [5.74, 6) is 1.22. The van der Waals surface area contributed by atoms with E-state index in [4.69, 9.17) is 0 Å². The highest BCUT2D eigenvalue weighted by molar-refractivity contribution is 5.22. The Kier molecular flexibility index (Phi) is 4.61. The number of benzene rings is 1. The molecule has 0 unspecified atom stereocenters. The third-order valence-electron chi connectivity index (χ3n) is 4.17. The summed E-state index contributed by atoms with van der Waals surface area (Å²) >= 11 is 0. The van der Waals surface area contributed by atoms with Crippen molar-refractivity contribution < 1.29 is 0 Å². The highest BCUT2D eigenvalue weighted by atomic mass is 15.0. The van der Waals surface area contributed by atoms with Gasteiger partial charge in [0, 0.05) is 0 Å². The normalized spacial score (nSPS) is 27.2. The summed E-state index contributed by atoms with van der Waals surface area (Å²) in [4.78, 5) is 0. The molecule has 0 spiro atoms. The molecule has 0 heterocycles. The fraction of sp³-hybridized carbons (Fsp3) is 0.588. The van der Waals surface area contributed by atoms with Crippen LogP contribution in [0.4, 0.5) is 0 Å². The molecule has 1 aromatic carbocycles. The number of hydrogen-bond acceptors (Lipinski definition) is 2. The number of rotatable bonds is 4. The predicted octanol–water partition coefficient (Wildman–Crippen LogP) is 3.85. The van der Waals surface area contributed by atoms with E-state index < -0.39 is 0 Å². The van der Waals surface area contributed by atoms with Gasteiger partial charge in [0.2, 0.25) is 0 Å². The first-order valence-electron chi connectivity index (χ1n) is 7.36. The Hall–Kier alpha value is -1.33. The minimum Gasteiger partial charge on any atom is -0.299 e. The van der Waals surface area contributed by atoms with E-state index in [0.717, 1.165) is 32.2 Å². The smallest absolute Gasteiger partial charge is 0.106 e. The lowest BCUT2D eigenvalue weighted by molar-refractivity contribution is 0.267. The summed E-state index contributed by atoms with van der Waals surface area (Å²) in [6.07, 6.45) is 4.16. The first kappa shape index (κ1) is 14.1. The quantitative estimate of drug-likeness (QED) is 0.888. The van der Waals surface area contributed by atoms with Crippen molar-refractivity contribution >= 4 is 0 Å². The number of nitrogens with zero attached hydrogens (tertiary/aromatic N) is 1. The van der Waals surface area contributed by atoms with Crippen LogP contribution < -0.4 is 5.32 Å². The first-order chi connectivity index (χ1) is 9.15. The van der Waals surface area contributed by atoms with Crippen molar-refractivity contribution in [3.05, 3.63) is 35.9 Å². The fourth-order valence-electron chi connectivity index (χ4n) is 2.90. The van der Waals surface area contributed by atoms with Gasteiger partial charge >= 0.3 is 0 Å². The van der Waals surface area contributed by atoms with Crippen LogP contribution in [0.15, 0.2) is 30.3 Å². The SMILES string of the molecule is CC(C)CNC1(C#N)CCC(c2ccccc2)CC1. The second kappa shape index (κ2) is 6.21. The van der Waals surface area contributed by atoms with E-state index in [1.165, 1.54) is 5.56 Å². The average Bonchev–Trinajstić information content (AvgIpc) is 2.47. The predicted molar refractivity (Wildman–Crippen MR) is 78.8 cm³/mol. The number of hydrogen-bond donors (Lipinski definition) is 1. The summed E-state index contributed by atoms with van der Waals surface area (Å²) in [5.41, 5.74) is 1.15. The zero-order valence-electron chi connectivity index (χ0n) is 12.0. The van der Waals surface area contributed by atoms with Gasteiger partial charge in [-0.05, 0) is 49.6 Å². The topological polar surface area (TPSA) is 35.8 Å². The van der Waals surface area contributed by atoms with Crippen molar-refractivity contribution in [1.82, 2.24) is 5.32 Å². The van der Waals surface area contributed by atoms with Crippen molar-refractivity contribution in [2.75, 3.05) is 6.54 Å². The Morgan fingerprint density at radius 3 is 2.42 bits per heavy atom. The summed E-state index contributed by atoms with van der Waals surface area (Å²) in [6, 6.07) is 13.2. The molecule has 0 atom stereocenters. The third kappa shape index (κ3) is 3.58. The highest BCUT2D eigenvalue weighted by Crippen LogP contribution is 2.37. The van der Waals surface area contributed by atoms with Crippen LogP contribution >= 0.6 is 0 Å². The van der Waals surface area contributed by atoms with E-state index >= 15 is 0 Å². The van der Waals surface area contributed by atoms with Crippen molar-refractivity contribution in [3.63, 3.8) is 0 Å². The van der Waals surface area contributed by atoms with Crippen LogP contribution in [0.3, 0.4) is 0 Å². The Morgan fingerprint density at radius 1 is 1.26 bits per heavy atom. The highest BCUT2D eigenvalue weighted by Gasteiger charge is 2.35. The lowest BCUT2D eigenvalue weighted by atomic mass is 9.74. The monoisotopic (exact) mass is 256 g/mol. The molecule has 1 aromatic rings. The van der Waals surface area contributed by atoms with Gasteiger partial charge in [-0.25, -0.2) is 0 Å². The standard InChI is InChI=1S/C17H24N2/c1-14(2)12-19-17(13-18)10-8-16(9-11-17)15-6-4-3-5-7-15/h3-7,14,16,19H,8-12H2,1-2H3. The second-order valence-corrected chi connectivity index (χ2v) is 6.15. The molecule has 0 saturated heterocycles. The second-order valence-electron chi connectivity index (χ2n) is 6.15. The fourth-order valence-corrected chi connectivity index (χ4v) is 2.90. The molecule has 0 aliphatic heterocycles. The van der Waals surface area contributed by atoms with Crippen LogP contribution in [-0.4, -0.2) is 12.1 Å². The summed E-state index contributed by atoms with van der Waals surface area (Å²) in [6.45, 7) is 5.31. The third-order valence-corrected chi connectivity index (χ3v) is 4.17. The molecule has 0 aromatic heterocycles. The van der Waals surface area contributed by atoms with Gasteiger partial charge in [-0.3, -0.25) is 5.32 Å². The maximum absolute atomic E-state index is 9.50. The molecule has 2 heteroatoms. The van der Waals surface area contributed by atoms with Gasteiger partial charge < -0.3 is 0 Å². The molecule has 0 amide bonds. The van der Waals surface area contributed by atoms with Crippen LogP contribution in [0.1, 0.15) is 51.0 Å². The van der Waals surface area contributed by atoms with Crippen molar-refractivity contribution in [2.45, 2.75) is 51.0 Å².